The molecule has 1 saturated heterocycles. The van der Waals surface area contributed by atoms with E-state index >= 15 is 0 Å². The molecule has 1 aliphatic rings. The Bertz CT molecular complexity index is 333. The largest absolute Gasteiger partial charge is 0.368 e. The summed E-state index contributed by atoms with van der Waals surface area (Å²) in [5, 5.41) is 11.6. The van der Waals surface area contributed by atoms with Gasteiger partial charge < -0.3 is 10.2 Å². The first-order chi connectivity index (χ1) is 8.28. The van der Waals surface area contributed by atoms with Crippen molar-refractivity contribution < 1.29 is 0 Å². The highest BCUT2D eigenvalue weighted by Crippen LogP contribution is 2.17. The lowest BCUT2D eigenvalue weighted by Crippen LogP contribution is -2.35. The molecular weight excluding hydrogens is 236 g/mol. The molecular formula is C12H19ClN4. The molecule has 1 N–H and O–H groups in total. The van der Waals surface area contributed by atoms with Crippen LogP contribution in [0.1, 0.15) is 19.8 Å². The quantitative estimate of drug-likeness (QED) is 0.895. The highest BCUT2D eigenvalue weighted by molar-refractivity contribution is 6.29. The molecule has 0 spiro atoms. The maximum Gasteiger partial charge on any atom is 0.151 e. The fourth-order valence-corrected chi connectivity index (χ4v) is 2.27. The molecule has 0 amide bonds. The van der Waals surface area contributed by atoms with Crippen LogP contribution >= 0.6 is 11.6 Å². The van der Waals surface area contributed by atoms with Gasteiger partial charge in [-0.3, -0.25) is 0 Å². The summed E-state index contributed by atoms with van der Waals surface area (Å²) in [7, 11) is 0. The van der Waals surface area contributed by atoms with Gasteiger partial charge in [-0.1, -0.05) is 18.5 Å². The van der Waals surface area contributed by atoms with E-state index in [4.69, 9.17) is 11.6 Å². The predicted molar refractivity (Wildman–Crippen MR) is 70.4 cm³/mol. The van der Waals surface area contributed by atoms with Gasteiger partial charge in [-0.2, -0.15) is 0 Å². The van der Waals surface area contributed by atoms with Crippen LogP contribution in [0.4, 0.5) is 5.82 Å². The average molecular weight is 255 g/mol. The van der Waals surface area contributed by atoms with Crippen LogP contribution in [-0.4, -0.2) is 41.3 Å². The Labute approximate surface area is 107 Å². The van der Waals surface area contributed by atoms with Crippen molar-refractivity contribution >= 4 is 17.4 Å². The van der Waals surface area contributed by atoms with Gasteiger partial charge in [0.2, 0.25) is 0 Å². The monoisotopic (exact) mass is 254 g/mol. The molecule has 0 unspecified atom stereocenters. The number of hydrogen-bond donors (Lipinski definition) is 1. The van der Waals surface area contributed by atoms with E-state index < -0.39 is 0 Å². The minimum atomic E-state index is 0.437. The van der Waals surface area contributed by atoms with Crippen LogP contribution in [0.2, 0.25) is 5.15 Å². The molecule has 2 rings (SSSR count). The van der Waals surface area contributed by atoms with E-state index in [0.29, 0.717) is 5.15 Å². The topological polar surface area (TPSA) is 41.0 Å². The van der Waals surface area contributed by atoms with Crippen molar-refractivity contribution in [2.75, 3.05) is 31.5 Å². The second kappa shape index (κ2) is 6.17. The van der Waals surface area contributed by atoms with Crippen molar-refractivity contribution in [3.05, 3.63) is 17.3 Å². The molecule has 5 heteroatoms. The van der Waals surface area contributed by atoms with Crippen LogP contribution in [0.25, 0.3) is 0 Å². The van der Waals surface area contributed by atoms with E-state index in [1.165, 1.54) is 32.5 Å². The molecule has 0 atom stereocenters. The Morgan fingerprint density at radius 2 is 2.12 bits per heavy atom. The Hall–Kier alpha value is -0.870. The minimum Gasteiger partial charge on any atom is -0.368 e. The van der Waals surface area contributed by atoms with Crippen LogP contribution in [0.5, 0.6) is 0 Å². The molecule has 2 heterocycles. The lowest BCUT2D eigenvalue weighted by molar-refractivity contribution is 0.198. The van der Waals surface area contributed by atoms with E-state index in [0.717, 1.165) is 18.3 Å². The highest BCUT2D eigenvalue weighted by atomic mass is 35.5. The summed E-state index contributed by atoms with van der Waals surface area (Å²) >= 11 is 5.69. The Kier molecular flexibility index (Phi) is 4.57. The third-order valence-corrected chi connectivity index (χ3v) is 3.56. The summed E-state index contributed by atoms with van der Waals surface area (Å²) in [6.45, 7) is 6.81. The zero-order chi connectivity index (χ0) is 12.1. The molecule has 17 heavy (non-hydrogen) atoms. The van der Waals surface area contributed by atoms with E-state index in [1.807, 2.05) is 6.07 Å². The van der Waals surface area contributed by atoms with E-state index in [2.05, 4.69) is 27.3 Å². The number of halogens is 1. The van der Waals surface area contributed by atoms with Gasteiger partial charge in [0.25, 0.3) is 0 Å². The van der Waals surface area contributed by atoms with Crippen LogP contribution < -0.4 is 5.32 Å². The van der Waals surface area contributed by atoms with Gasteiger partial charge in [0.1, 0.15) is 5.82 Å². The van der Waals surface area contributed by atoms with Gasteiger partial charge in [0.05, 0.1) is 0 Å². The first-order valence-electron chi connectivity index (χ1n) is 6.23. The number of rotatable bonds is 4. The second-order valence-corrected chi connectivity index (χ2v) is 4.89. The number of piperidine rings is 1. The van der Waals surface area contributed by atoms with Crippen molar-refractivity contribution in [2.24, 2.45) is 5.92 Å². The molecule has 1 aliphatic heterocycles. The fourth-order valence-electron chi connectivity index (χ4n) is 2.17. The van der Waals surface area contributed by atoms with Gasteiger partial charge in [0, 0.05) is 6.54 Å². The molecule has 1 fully saturated rings. The van der Waals surface area contributed by atoms with Crippen molar-refractivity contribution in [2.45, 2.75) is 19.8 Å². The van der Waals surface area contributed by atoms with Crippen molar-refractivity contribution in [1.29, 1.82) is 0 Å². The van der Waals surface area contributed by atoms with E-state index in [1.54, 1.807) is 6.07 Å². The summed E-state index contributed by atoms with van der Waals surface area (Å²) in [5.74, 6) is 1.56. The molecule has 0 aliphatic carbocycles. The number of anilines is 1. The summed E-state index contributed by atoms with van der Waals surface area (Å²) in [4.78, 5) is 2.50. The second-order valence-electron chi connectivity index (χ2n) is 4.50. The summed E-state index contributed by atoms with van der Waals surface area (Å²) < 4.78 is 0. The lowest BCUT2D eigenvalue weighted by Gasteiger charge is -2.31. The van der Waals surface area contributed by atoms with E-state index in [-0.39, 0.29) is 0 Å². The van der Waals surface area contributed by atoms with Gasteiger partial charge in [0.15, 0.2) is 5.15 Å². The highest BCUT2D eigenvalue weighted by Gasteiger charge is 2.17. The molecule has 0 saturated carbocycles. The zero-order valence-electron chi connectivity index (χ0n) is 10.2. The molecule has 4 nitrogen and oxygen atoms in total. The minimum absolute atomic E-state index is 0.437. The number of nitrogens with zero attached hydrogens (tertiary/aromatic N) is 3. The fraction of sp³-hybridized carbons (Fsp3) is 0.667. The third-order valence-electron chi connectivity index (χ3n) is 3.36. The smallest absolute Gasteiger partial charge is 0.151 e. The normalized spacial score (nSPS) is 18.2. The summed E-state index contributed by atoms with van der Waals surface area (Å²) in [6.07, 6.45) is 2.53. The standard InChI is InChI=1S/C12H19ClN4/c1-2-17-7-5-10(6-8-17)9-14-12-4-3-11(13)15-16-12/h3-4,10H,2,5-9H2,1H3,(H,14,16). The first-order valence-corrected chi connectivity index (χ1v) is 6.61. The number of nitrogens with one attached hydrogen (secondary N) is 1. The summed E-state index contributed by atoms with van der Waals surface area (Å²) in [6, 6.07) is 3.63. The number of likely N-dealkylation sites (tertiary alicyclic amines) is 1. The molecule has 94 valence electrons. The van der Waals surface area contributed by atoms with Crippen LogP contribution in [0, 0.1) is 5.92 Å². The van der Waals surface area contributed by atoms with E-state index in [9.17, 15) is 0 Å². The average Bonchev–Trinajstić information content (AvgIpc) is 2.39. The van der Waals surface area contributed by atoms with Crippen molar-refractivity contribution in [1.82, 2.24) is 15.1 Å². The van der Waals surface area contributed by atoms with Crippen LogP contribution in [-0.2, 0) is 0 Å². The Morgan fingerprint density at radius 1 is 1.35 bits per heavy atom. The van der Waals surface area contributed by atoms with Gasteiger partial charge in [-0.05, 0) is 50.5 Å². The molecule has 0 radical (unpaired) electrons. The molecule has 0 bridgehead atoms. The predicted octanol–water partition coefficient (Wildman–Crippen LogP) is 2.27. The zero-order valence-corrected chi connectivity index (χ0v) is 11.0. The maximum absolute atomic E-state index is 5.69. The van der Waals surface area contributed by atoms with Crippen molar-refractivity contribution in [3.8, 4) is 0 Å². The lowest BCUT2D eigenvalue weighted by atomic mass is 9.97. The SMILES string of the molecule is CCN1CCC(CNc2ccc(Cl)nn2)CC1. The van der Waals surface area contributed by atoms with Crippen LogP contribution in [0.15, 0.2) is 12.1 Å². The number of aromatic nitrogens is 2. The molecule has 1 aromatic heterocycles. The Balaban J connectivity index is 1.74. The van der Waals surface area contributed by atoms with Gasteiger partial charge >= 0.3 is 0 Å². The number of hydrogen-bond acceptors (Lipinski definition) is 4. The molecule has 1 aromatic rings. The van der Waals surface area contributed by atoms with Gasteiger partial charge in [-0.15, -0.1) is 10.2 Å². The third kappa shape index (κ3) is 3.82. The molecule has 0 aromatic carbocycles. The van der Waals surface area contributed by atoms with Crippen molar-refractivity contribution in [3.63, 3.8) is 0 Å². The first kappa shape index (κ1) is 12.6. The van der Waals surface area contributed by atoms with Crippen LogP contribution in [0.3, 0.4) is 0 Å². The summed E-state index contributed by atoms with van der Waals surface area (Å²) in [5.41, 5.74) is 0. The Morgan fingerprint density at radius 3 is 2.71 bits per heavy atom. The van der Waals surface area contributed by atoms with Gasteiger partial charge in [-0.25, -0.2) is 0 Å². The maximum atomic E-state index is 5.69.